The van der Waals surface area contributed by atoms with Gasteiger partial charge in [-0.2, -0.15) is 0 Å². The fraction of sp³-hybridized carbons (Fsp3) is 0.176. The van der Waals surface area contributed by atoms with Gasteiger partial charge in [0.2, 0.25) is 0 Å². The number of aromatic nitrogens is 3. The molecule has 0 radical (unpaired) electrons. The molecule has 0 saturated heterocycles. The van der Waals surface area contributed by atoms with Crippen LogP contribution in [0.1, 0.15) is 5.56 Å². The summed E-state index contributed by atoms with van der Waals surface area (Å²) in [5.74, 6) is 1.10. The minimum Gasteiger partial charge on any atom is -0.344 e. The molecule has 6 heteroatoms. The first-order chi connectivity index (χ1) is 11.2. The molecule has 0 aliphatic carbocycles. The predicted molar refractivity (Wildman–Crippen MR) is 89.8 cm³/mol. The number of rotatable bonds is 2. The Morgan fingerprint density at radius 2 is 1.83 bits per heavy atom. The number of hydrogen-bond donors (Lipinski definition) is 0. The lowest BCUT2D eigenvalue weighted by Gasteiger charge is -2.29. The Kier molecular flexibility index (Phi) is 3.53. The van der Waals surface area contributed by atoms with Gasteiger partial charge in [0, 0.05) is 5.69 Å². The second-order valence-corrected chi connectivity index (χ2v) is 6.42. The summed E-state index contributed by atoms with van der Waals surface area (Å²) in [4.78, 5) is 2.23. The largest absolute Gasteiger partial charge is 0.344 e. The van der Waals surface area contributed by atoms with Gasteiger partial charge >= 0.3 is 0 Å². The predicted octanol–water partition coefficient (Wildman–Crippen LogP) is 3.92. The highest BCUT2D eigenvalue weighted by Crippen LogP contribution is 2.32. The molecule has 0 bridgehead atoms. The summed E-state index contributed by atoms with van der Waals surface area (Å²) in [5.41, 5.74) is 2.86. The topological polar surface area (TPSA) is 34.0 Å². The van der Waals surface area contributed by atoms with Crippen LogP contribution in [0.15, 0.2) is 53.7 Å². The van der Waals surface area contributed by atoms with Gasteiger partial charge in [-0.05, 0) is 31.2 Å². The SMILES string of the molecule is Cc1ccc(N2CSc3nnc(-c4ccccc4F)n3C2)cc1. The Labute approximate surface area is 138 Å². The molecule has 4 nitrogen and oxygen atoms in total. The summed E-state index contributed by atoms with van der Waals surface area (Å²) >= 11 is 1.61. The van der Waals surface area contributed by atoms with Crippen LogP contribution in [-0.2, 0) is 6.67 Å². The van der Waals surface area contributed by atoms with E-state index in [9.17, 15) is 4.39 Å². The molecule has 23 heavy (non-hydrogen) atoms. The maximum Gasteiger partial charge on any atom is 0.194 e. The van der Waals surface area contributed by atoms with Crippen molar-refractivity contribution in [2.45, 2.75) is 18.7 Å². The molecule has 0 atom stereocenters. The van der Waals surface area contributed by atoms with Crippen LogP contribution in [0.25, 0.3) is 11.4 Å². The lowest BCUT2D eigenvalue weighted by Crippen LogP contribution is -2.30. The molecule has 0 fully saturated rings. The summed E-state index contributed by atoms with van der Waals surface area (Å²) in [7, 11) is 0. The maximum atomic E-state index is 14.1. The van der Waals surface area contributed by atoms with E-state index in [4.69, 9.17) is 0 Å². The summed E-state index contributed by atoms with van der Waals surface area (Å²) in [5, 5.41) is 9.22. The van der Waals surface area contributed by atoms with Gasteiger partial charge in [0.15, 0.2) is 11.0 Å². The molecule has 0 spiro atoms. The van der Waals surface area contributed by atoms with Crippen molar-refractivity contribution in [3.05, 3.63) is 59.9 Å². The zero-order valence-electron chi connectivity index (χ0n) is 12.6. The number of benzene rings is 2. The zero-order chi connectivity index (χ0) is 15.8. The van der Waals surface area contributed by atoms with E-state index >= 15 is 0 Å². The molecule has 1 aliphatic heterocycles. The van der Waals surface area contributed by atoms with Crippen LogP contribution in [-0.4, -0.2) is 20.6 Å². The lowest BCUT2D eigenvalue weighted by molar-refractivity contribution is 0.598. The highest BCUT2D eigenvalue weighted by Gasteiger charge is 2.23. The molecule has 2 aromatic carbocycles. The van der Waals surface area contributed by atoms with Crippen molar-refractivity contribution in [3.63, 3.8) is 0 Å². The number of nitrogens with zero attached hydrogens (tertiary/aromatic N) is 4. The molecule has 1 aromatic heterocycles. The van der Waals surface area contributed by atoms with Crippen molar-refractivity contribution < 1.29 is 4.39 Å². The molecular weight excluding hydrogens is 311 g/mol. The molecule has 3 aromatic rings. The first-order valence-electron chi connectivity index (χ1n) is 7.35. The Morgan fingerprint density at radius 1 is 1.04 bits per heavy atom. The van der Waals surface area contributed by atoms with Crippen molar-refractivity contribution in [3.8, 4) is 11.4 Å². The van der Waals surface area contributed by atoms with Crippen molar-refractivity contribution in [1.82, 2.24) is 14.8 Å². The standard InChI is InChI=1S/C17H15FN4S/c1-12-6-8-13(9-7-12)21-10-22-16(19-20-17(22)23-11-21)14-4-2-3-5-15(14)18/h2-9H,10-11H2,1H3. The summed E-state index contributed by atoms with van der Waals surface area (Å²) in [6.45, 7) is 2.69. The number of hydrogen-bond acceptors (Lipinski definition) is 4. The number of thioether (sulfide) groups is 1. The second-order valence-electron chi connectivity index (χ2n) is 5.50. The van der Waals surface area contributed by atoms with Crippen molar-refractivity contribution in [2.24, 2.45) is 0 Å². The fourth-order valence-corrected chi connectivity index (χ4v) is 3.52. The molecule has 1 aliphatic rings. The highest BCUT2D eigenvalue weighted by molar-refractivity contribution is 7.99. The van der Waals surface area contributed by atoms with Crippen LogP contribution < -0.4 is 4.90 Å². The number of halogens is 1. The van der Waals surface area contributed by atoms with Gasteiger partial charge in [-0.15, -0.1) is 10.2 Å². The van der Waals surface area contributed by atoms with Crippen molar-refractivity contribution >= 4 is 17.4 Å². The maximum absolute atomic E-state index is 14.1. The quantitative estimate of drug-likeness (QED) is 0.715. The van der Waals surface area contributed by atoms with Gasteiger partial charge in [-0.3, -0.25) is 4.57 Å². The van der Waals surface area contributed by atoms with Gasteiger partial charge in [0.25, 0.3) is 0 Å². The van der Waals surface area contributed by atoms with E-state index in [2.05, 4.69) is 46.3 Å². The van der Waals surface area contributed by atoms with Crippen LogP contribution in [0.3, 0.4) is 0 Å². The van der Waals surface area contributed by atoms with Crippen LogP contribution in [0.2, 0.25) is 0 Å². The lowest BCUT2D eigenvalue weighted by atomic mass is 10.2. The van der Waals surface area contributed by atoms with Gasteiger partial charge in [-0.1, -0.05) is 41.6 Å². The fourth-order valence-electron chi connectivity index (χ4n) is 2.62. The molecule has 0 saturated carbocycles. The van der Waals surface area contributed by atoms with Crippen LogP contribution in [0.5, 0.6) is 0 Å². The molecule has 116 valence electrons. The third kappa shape index (κ3) is 2.59. The second kappa shape index (κ2) is 5.70. The van der Waals surface area contributed by atoms with E-state index in [1.54, 1.807) is 23.9 Å². The van der Waals surface area contributed by atoms with Crippen LogP contribution in [0, 0.1) is 12.7 Å². The highest BCUT2D eigenvalue weighted by atomic mass is 32.2. The Morgan fingerprint density at radius 3 is 2.61 bits per heavy atom. The molecular formula is C17H15FN4S. The van der Waals surface area contributed by atoms with Gasteiger partial charge in [-0.25, -0.2) is 4.39 Å². The van der Waals surface area contributed by atoms with E-state index in [1.165, 1.54) is 11.6 Å². The Balaban J connectivity index is 1.70. The Hall–Kier alpha value is -2.34. The number of fused-ring (bicyclic) bond motifs is 1. The van der Waals surface area contributed by atoms with E-state index in [0.717, 1.165) is 16.7 Å². The van der Waals surface area contributed by atoms with Crippen LogP contribution >= 0.6 is 11.8 Å². The third-order valence-corrected chi connectivity index (χ3v) is 4.89. The van der Waals surface area contributed by atoms with Gasteiger partial charge in [0.05, 0.1) is 18.1 Å². The summed E-state index contributed by atoms with van der Waals surface area (Å²) in [6, 6.07) is 15.1. The van der Waals surface area contributed by atoms with Gasteiger partial charge in [0.1, 0.15) is 5.82 Å². The first-order valence-corrected chi connectivity index (χ1v) is 8.33. The molecule has 0 amide bonds. The first kappa shape index (κ1) is 14.3. The van der Waals surface area contributed by atoms with E-state index < -0.39 is 0 Å². The van der Waals surface area contributed by atoms with Crippen LogP contribution in [0.4, 0.5) is 10.1 Å². The monoisotopic (exact) mass is 326 g/mol. The van der Waals surface area contributed by atoms with Crippen molar-refractivity contribution in [1.29, 1.82) is 0 Å². The minimum atomic E-state index is -0.278. The molecule has 2 heterocycles. The van der Waals surface area contributed by atoms with E-state index in [-0.39, 0.29) is 5.82 Å². The molecule has 0 unspecified atom stereocenters. The zero-order valence-corrected chi connectivity index (χ0v) is 13.4. The number of anilines is 1. The average molecular weight is 326 g/mol. The number of aryl methyl sites for hydroxylation is 1. The summed E-state index contributed by atoms with van der Waals surface area (Å²) < 4.78 is 16.1. The minimum absolute atomic E-state index is 0.278. The molecule has 0 N–H and O–H groups in total. The van der Waals surface area contributed by atoms with E-state index in [0.29, 0.717) is 18.1 Å². The average Bonchev–Trinajstić information content (AvgIpc) is 2.99. The van der Waals surface area contributed by atoms with Gasteiger partial charge < -0.3 is 4.90 Å². The summed E-state index contributed by atoms with van der Waals surface area (Å²) in [6.07, 6.45) is 0. The normalized spacial score (nSPS) is 13.9. The van der Waals surface area contributed by atoms with E-state index in [1.807, 2.05) is 10.6 Å². The smallest absolute Gasteiger partial charge is 0.194 e. The Bertz CT molecular complexity index is 844. The molecule has 4 rings (SSSR count). The third-order valence-electron chi connectivity index (χ3n) is 3.89. The van der Waals surface area contributed by atoms with Crippen molar-refractivity contribution in [2.75, 3.05) is 10.8 Å².